The van der Waals surface area contributed by atoms with Crippen LogP contribution >= 0.6 is 0 Å². The average Bonchev–Trinajstić information content (AvgIpc) is 2.72. The summed E-state index contributed by atoms with van der Waals surface area (Å²) >= 11 is 0. The van der Waals surface area contributed by atoms with Crippen molar-refractivity contribution in [3.8, 4) is 17.1 Å². The Bertz CT molecular complexity index is 869. The van der Waals surface area contributed by atoms with Gasteiger partial charge in [0.15, 0.2) is 0 Å². The lowest BCUT2D eigenvalue weighted by Gasteiger charge is -2.14. The Morgan fingerprint density at radius 1 is 1.04 bits per heavy atom. The summed E-state index contributed by atoms with van der Waals surface area (Å²) in [5.41, 5.74) is 2.71. The lowest BCUT2D eigenvalue weighted by molar-refractivity contribution is 0.414. The van der Waals surface area contributed by atoms with Gasteiger partial charge in [-0.05, 0) is 43.2 Å². The summed E-state index contributed by atoms with van der Waals surface area (Å²) in [6, 6.07) is 16.0. The average molecular weight is 363 g/mol. The Labute approximate surface area is 160 Å². The molecule has 0 aliphatic carbocycles. The standard InChI is InChI=1S/C21H25N5O/c1-4-15(2)24-21-25-19(18-10-5-6-11-22-18)13-20(26-21)23-14-16-8-7-9-17(12-16)27-3/h5-13,15H,4,14H2,1-3H3,(H2,23,24,25,26)/t15-/m1/s1. The number of aromatic nitrogens is 3. The van der Waals surface area contributed by atoms with Crippen LogP contribution in [-0.4, -0.2) is 28.1 Å². The molecule has 6 heteroatoms. The van der Waals surface area contributed by atoms with Crippen molar-refractivity contribution < 1.29 is 4.74 Å². The Hall–Kier alpha value is -3.15. The Morgan fingerprint density at radius 3 is 2.67 bits per heavy atom. The fourth-order valence-electron chi connectivity index (χ4n) is 2.55. The molecule has 3 aromatic rings. The normalized spacial score (nSPS) is 11.7. The molecular formula is C21H25N5O. The van der Waals surface area contributed by atoms with Crippen molar-refractivity contribution in [2.75, 3.05) is 17.7 Å². The molecule has 2 aromatic heterocycles. The van der Waals surface area contributed by atoms with Crippen LogP contribution in [0.5, 0.6) is 5.75 Å². The lowest BCUT2D eigenvalue weighted by atomic mass is 10.2. The third-order valence-corrected chi connectivity index (χ3v) is 4.25. The largest absolute Gasteiger partial charge is 0.497 e. The van der Waals surface area contributed by atoms with Gasteiger partial charge in [-0.1, -0.05) is 25.1 Å². The molecule has 3 rings (SSSR count). The number of rotatable bonds is 8. The molecule has 0 fully saturated rings. The van der Waals surface area contributed by atoms with Gasteiger partial charge in [0, 0.05) is 24.8 Å². The van der Waals surface area contributed by atoms with Crippen molar-refractivity contribution in [3.63, 3.8) is 0 Å². The molecule has 2 N–H and O–H groups in total. The number of nitrogens with zero attached hydrogens (tertiary/aromatic N) is 3. The molecule has 0 aliphatic rings. The van der Waals surface area contributed by atoms with Crippen LogP contribution in [0.2, 0.25) is 0 Å². The molecule has 140 valence electrons. The van der Waals surface area contributed by atoms with Gasteiger partial charge in [0.05, 0.1) is 18.5 Å². The first-order valence-corrected chi connectivity index (χ1v) is 9.11. The van der Waals surface area contributed by atoms with Crippen LogP contribution in [0.1, 0.15) is 25.8 Å². The second-order valence-corrected chi connectivity index (χ2v) is 6.34. The molecule has 27 heavy (non-hydrogen) atoms. The Morgan fingerprint density at radius 2 is 1.93 bits per heavy atom. The number of anilines is 2. The highest BCUT2D eigenvalue weighted by molar-refractivity contribution is 5.61. The van der Waals surface area contributed by atoms with Crippen molar-refractivity contribution in [2.45, 2.75) is 32.9 Å². The van der Waals surface area contributed by atoms with E-state index in [0.717, 1.165) is 34.9 Å². The highest BCUT2D eigenvalue weighted by atomic mass is 16.5. The first-order chi connectivity index (χ1) is 13.2. The molecule has 0 bridgehead atoms. The molecule has 2 heterocycles. The number of ether oxygens (including phenoxy) is 1. The van der Waals surface area contributed by atoms with Gasteiger partial charge >= 0.3 is 0 Å². The molecule has 6 nitrogen and oxygen atoms in total. The summed E-state index contributed by atoms with van der Waals surface area (Å²) in [6.07, 6.45) is 2.76. The van der Waals surface area contributed by atoms with Crippen LogP contribution < -0.4 is 15.4 Å². The summed E-state index contributed by atoms with van der Waals surface area (Å²) in [6.45, 7) is 4.88. The fourth-order valence-corrected chi connectivity index (χ4v) is 2.55. The van der Waals surface area contributed by atoms with Gasteiger partial charge in [0.2, 0.25) is 5.95 Å². The van der Waals surface area contributed by atoms with E-state index in [-0.39, 0.29) is 6.04 Å². The monoisotopic (exact) mass is 363 g/mol. The van der Waals surface area contributed by atoms with E-state index >= 15 is 0 Å². The van der Waals surface area contributed by atoms with Gasteiger partial charge in [-0.25, -0.2) is 4.98 Å². The summed E-state index contributed by atoms with van der Waals surface area (Å²) in [5.74, 6) is 2.19. The van der Waals surface area contributed by atoms with Crippen LogP contribution in [0, 0.1) is 0 Å². The summed E-state index contributed by atoms with van der Waals surface area (Å²) in [5, 5.41) is 6.73. The summed E-state index contributed by atoms with van der Waals surface area (Å²) in [4.78, 5) is 13.7. The van der Waals surface area contributed by atoms with E-state index in [0.29, 0.717) is 12.5 Å². The molecule has 0 unspecified atom stereocenters. The topological polar surface area (TPSA) is 72.0 Å². The van der Waals surface area contributed by atoms with Gasteiger partial charge in [0.1, 0.15) is 11.6 Å². The molecular weight excluding hydrogens is 338 g/mol. The van der Waals surface area contributed by atoms with Crippen LogP contribution in [-0.2, 0) is 6.54 Å². The number of hydrogen-bond acceptors (Lipinski definition) is 6. The zero-order chi connectivity index (χ0) is 19.1. The number of pyridine rings is 1. The van der Waals surface area contributed by atoms with Crippen molar-refractivity contribution in [3.05, 3.63) is 60.3 Å². The zero-order valence-corrected chi connectivity index (χ0v) is 15.9. The minimum Gasteiger partial charge on any atom is -0.497 e. The quantitative estimate of drug-likeness (QED) is 0.619. The maximum absolute atomic E-state index is 5.29. The van der Waals surface area contributed by atoms with Gasteiger partial charge in [-0.15, -0.1) is 0 Å². The van der Waals surface area contributed by atoms with Gasteiger partial charge < -0.3 is 15.4 Å². The van der Waals surface area contributed by atoms with E-state index in [2.05, 4.69) is 45.5 Å². The van der Waals surface area contributed by atoms with Crippen molar-refractivity contribution in [1.82, 2.24) is 15.0 Å². The molecule has 0 radical (unpaired) electrons. The predicted molar refractivity (Wildman–Crippen MR) is 109 cm³/mol. The zero-order valence-electron chi connectivity index (χ0n) is 15.9. The molecule has 0 amide bonds. The lowest BCUT2D eigenvalue weighted by Crippen LogP contribution is -2.16. The van der Waals surface area contributed by atoms with Crippen LogP contribution in [0.3, 0.4) is 0 Å². The van der Waals surface area contributed by atoms with Gasteiger partial charge in [-0.2, -0.15) is 4.98 Å². The fraction of sp³-hybridized carbons (Fsp3) is 0.286. The molecule has 0 saturated heterocycles. The highest BCUT2D eigenvalue weighted by Crippen LogP contribution is 2.21. The molecule has 0 saturated carbocycles. The first kappa shape index (κ1) is 18.6. The summed E-state index contributed by atoms with van der Waals surface area (Å²) in [7, 11) is 1.67. The third kappa shape index (κ3) is 5.17. The third-order valence-electron chi connectivity index (χ3n) is 4.25. The first-order valence-electron chi connectivity index (χ1n) is 9.11. The van der Waals surface area contributed by atoms with E-state index in [1.807, 2.05) is 42.5 Å². The van der Waals surface area contributed by atoms with Crippen LogP contribution in [0.25, 0.3) is 11.4 Å². The van der Waals surface area contributed by atoms with E-state index in [4.69, 9.17) is 4.74 Å². The number of methoxy groups -OCH3 is 1. The number of benzene rings is 1. The van der Waals surface area contributed by atoms with Crippen molar-refractivity contribution in [2.24, 2.45) is 0 Å². The second-order valence-electron chi connectivity index (χ2n) is 6.34. The van der Waals surface area contributed by atoms with E-state index in [9.17, 15) is 0 Å². The molecule has 1 atom stereocenters. The maximum atomic E-state index is 5.29. The van der Waals surface area contributed by atoms with Gasteiger partial charge in [0.25, 0.3) is 0 Å². The molecule has 0 spiro atoms. The summed E-state index contributed by atoms with van der Waals surface area (Å²) < 4.78 is 5.29. The minimum absolute atomic E-state index is 0.287. The van der Waals surface area contributed by atoms with Crippen molar-refractivity contribution in [1.29, 1.82) is 0 Å². The van der Waals surface area contributed by atoms with Gasteiger partial charge in [-0.3, -0.25) is 4.98 Å². The Kier molecular flexibility index (Phi) is 6.20. The molecule has 0 aliphatic heterocycles. The van der Waals surface area contributed by atoms with E-state index < -0.39 is 0 Å². The minimum atomic E-state index is 0.287. The van der Waals surface area contributed by atoms with Crippen molar-refractivity contribution >= 4 is 11.8 Å². The number of nitrogens with one attached hydrogen (secondary N) is 2. The number of hydrogen-bond donors (Lipinski definition) is 2. The van der Waals surface area contributed by atoms with Crippen LogP contribution in [0.15, 0.2) is 54.7 Å². The van der Waals surface area contributed by atoms with Crippen LogP contribution in [0.4, 0.5) is 11.8 Å². The Balaban J connectivity index is 1.85. The molecule has 1 aromatic carbocycles. The maximum Gasteiger partial charge on any atom is 0.225 e. The van der Waals surface area contributed by atoms with E-state index in [1.54, 1.807) is 13.3 Å². The predicted octanol–water partition coefficient (Wildman–Crippen LogP) is 4.37. The SMILES string of the molecule is CC[C@@H](C)Nc1nc(NCc2cccc(OC)c2)cc(-c2ccccn2)n1. The smallest absolute Gasteiger partial charge is 0.225 e. The van der Waals surface area contributed by atoms with E-state index in [1.165, 1.54) is 0 Å². The second kappa shape index (κ2) is 8.98. The highest BCUT2D eigenvalue weighted by Gasteiger charge is 2.09.